The van der Waals surface area contributed by atoms with Crippen molar-refractivity contribution in [2.75, 3.05) is 13.6 Å². The molecule has 1 unspecified atom stereocenters. The van der Waals surface area contributed by atoms with Crippen LogP contribution < -0.4 is 0 Å². The second-order valence-electron chi connectivity index (χ2n) is 32.7. The van der Waals surface area contributed by atoms with Crippen LogP contribution in [0.3, 0.4) is 0 Å². The molecule has 12 nitrogen and oxygen atoms in total. The number of phenolic OH excluding ortho intramolecular Hbond substituents is 6. The number of aromatic hydroxyl groups is 6. The molecule has 6 aliphatic heterocycles. The summed E-state index contributed by atoms with van der Waals surface area (Å²) in [4.78, 5) is 2.38. The molecule has 0 aliphatic carbocycles. The number of rotatable bonds is 0. The topological polar surface area (TPSA) is 195 Å². The molecule has 0 saturated carbocycles. The van der Waals surface area contributed by atoms with Crippen LogP contribution in [0.1, 0.15) is 154 Å². The Morgan fingerprint density at radius 1 is 0.355 bits per heavy atom. The molecule has 107 heavy (non-hydrogen) atoms. The van der Waals surface area contributed by atoms with Crippen molar-refractivity contribution in [2.24, 2.45) is 0 Å². The third kappa shape index (κ3) is 19.4. The first-order chi connectivity index (χ1) is 48.2. The van der Waals surface area contributed by atoms with Gasteiger partial charge in [-0.15, -0.1) is 57.1 Å². The summed E-state index contributed by atoms with van der Waals surface area (Å²) in [5, 5.41) is 95.1. The van der Waals surface area contributed by atoms with E-state index in [1.165, 1.54) is 38.9 Å². The van der Waals surface area contributed by atoms with Crippen molar-refractivity contribution < 1.29 is 194 Å². The van der Waals surface area contributed by atoms with Crippen LogP contribution in [-0.4, -0.2) is 76.8 Å². The monoisotopic (exact) mass is 1800 g/mol. The fourth-order valence-electron chi connectivity index (χ4n) is 16.0. The Morgan fingerprint density at radius 3 is 1.33 bits per heavy atom. The Kier molecular flexibility index (Phi) is 28.7. The number of phenols is 6. The maximum Gasteiger partial charge on any atom is 0.123 e. The molecule has 0 spiro atoms. The average Bonchev–Trinajstić information content (AvgIpc) is 1.75. The normalized spacial score (nSPS) is 17.5. The van der Waals surface area contributed by atoms with Crippen LogP contribution in [0.2, 0.25) is 0 Å². The van der Waals surface area contributed by atoms with E-state index in [9.17, 15) is 30.6 Å². The first-order valence-corrected chi connectivity index (χ1v) is 36.0. The Bertz CT molecular complexity index is 5230. The van der Waals surface area contributed by atoms with Crippen LogP contribution in [0.15, 0.2) is 182 Å². The molecule has 0 fully saturated rings. The van der Waals surface area contributed by atoms with Crippen LogP contribution in [0.4, 0.5) is 28.4 Å². The fourth-order valence-corrected chi connectivity index (χ4v) is 16.0. The summed E-state index contributed by atoms with van der Waals surface area (Å²) in [6, 6.07) is 58.7. The van der Waals surface area contributed by atoms with E-state index in [0.29, 0.717) is 40.4 Å². The average molecular weight is 1800 g/mol. The minimum atomic E-state index is -0.00463. The molecule has 6 N–H and O–H groups in total. The molecule has 5 radical (unpaired) electrons. The van der Waals surface area contributed by atoms with E-state index < -0.39 is 0 Å². The number of nitrogens with zero attached hydrogens (tertiary/aromatic N) is 6. The third-order valence-electron chi connectivity index (χ3n) is 21.5. The molecule has 1 atom stereocenters. The van der Waals surface area contributed by atoms with Gasteiger partial charge in [0.2, 0.25) is 0 Å². The SMILES string of the molecule is CC1(C)CCc2c(ccc3c(O)cccc23)[N-]1.CC1(C)CCc2cc3c(O)cccc3cc2[N-]1.CC1(C)C[N-]c2ccc3c(O)cccc3c21.CC1(C)Cc2cc3c(O)cccc3cc2[N-]1.CC1CC(C)(C)[N-]c2ccc3c(O)cccc3c21.CN1Cc2cc3c(O)cccc3cc2CC1(C)C.[Y].[Y].[Y].[Y].[Y]. The Morgan fingerprint density at radius 2 is 0.766 bits per heavy atom. The van der Waals surface area contributed by atoms with Crippen LogP contribution in [0.25, 0.3) is 91.2 Å². The maximum absolute atomic E-state index is 9.93. The number of aryl methyl sites for hydroxylation is 2. The Labute approximate surface area is 758 Å². The van der Waals surface area contributed by atoms with Crippen molar-refractivity contribution in [1.29, 1.82) is 0 Å². The van der Waals surface area contributed by atoms with E-state index in [1.54, 1.807) is 36.4 Å². The van der Waals surface area contributed by atoms with Gasteiger partial charge in [-0.2, -0.15) is 0 Å². The van der Waals surface area contributed by atoms with Gasteiger partial charge in [0.05, 0.1) is 0 Å². The van der Waals surface area contributed by atoms with Gasteiger partial charge in [0.1, 0.15) is 34.5 Å². The minimum absolute atomic E-state index is 0. The molecule has 0 bridgehead atoms. The maximum atomic E-state index is 9.93. The van der Waals surface area contributed by atoms with Crippen molar-refractivity contribution in [1.82, 2.24) is 4.90 Å². The van der Waals surface area contributed by atoms with Gasteiger partial charge in [0, 0.05) is 208 Å². The molecule has 0 amide bonds. The van der Waals surface area contributed by atoms with Crippen molar-refractivity contribution in [3.63, 3.8) is 0 Å². The predicted molar refractivity (Wildman–Crippen MR) is 426 cm³/mol. The van der Waals surface area contributed by atoms with Crippen LogP contribution in [-0.2, 0) is 201 Å². The van der Waals surface area contributed by atoms with Gasteiger partial charge < -0.3 is 57.2 Å². The molecule has 17 heteroatoms. The summed E-state index contributed by atoms with van der Waals surface area (Å²) in [6.07, 6.45) is 7.27. The van der Waals surface area contributed by atoms with Crippen molar-refractivity contribution in [2.45, 2.75) is 181 Å². The predicted octanol–water partition coefficient (Wildman–Crippen LogP) is 24.4. The van der Waals surface area contributed by atoms with Crippen LogP contribution in [0, 0.1) is 0 Å². The first-order valence-electron chi connectivity index (χ1n) is 36.0. The standard InChI is InChI=1S/C16H19NO.C16H18NO.2C15H16NO.2C14H14NO.5Y/c1-16(2)9-12-7-11-5-4-6-15(18)14(11)8-13(12)10-17(16)3;1-10-9-16(2,3)17-13-8-7-11-12(15(10)13)5-4-6-14(11)18;1-15(2)7-6-11-8-12-10(9-13(11)16-15)4-3-5-14(12)17;1-15(2)9-8-11-10-4-3-5-14(17)12(10)6-7-13(11)16-15;1-14(2)8-10-6-11-9(7-12(10)15-14)4-3-5-13(11)16;1-14(2)8-15-11-7-6-9-10(13(11)14)4-3-5-12(9)16;;;;;/h4-8,18H,9-10H2,1-3H3;4-8,10,18H,9H2,1-3H3;3-5,8-9,17H,6-7H2,1-2H3;3-7,17H,8-9H2,1-2H3;2*3-7,16H,8H2,1-2H3;;;;;/q;5*-1;;;;;. The second-order valence-corrected chi connectivity index (χ2v) is 32.7. The molecule has 0 saturated heterocycles. The largest absolute Gasteiger partial charge is 0.683 e. The zero-order valence-electron chi connectivity index (χ0n) is 64.5. The molecular formula is C90H97N6O6Y5-5. The van der Waals surface area contributed by atoms with Gasteiger partial charge in [0.25, 0.3) is 0 Å². The number of benzene rings is 12. The molecular weight excluding hydrogens is 1710 g/mol. The summed E-state index contributed by atoms with van der Waals surface area (Å²) in [6.45, 7) is 30.3. The Hall–Kier alpha value is -4.52. The van der Waals surface area contributed by atoms with Gasteiger partial charge in [-0.3, -0.25) is 4.90 Å². The summed E-state index contributed by atoms with van der Waals surface area (Å²) < 4.78 is 0. The van der Waals surface area contributed by atoms with Gasteiger partial charge in [-0.05, 0) is 156 Å². The zero-order valence-corrected chi connectivity index (χ0v) is 78.7. The van der Waals surface area contributed by atoms with Crippen molar-refractivity contribution in [3.8, 4) is 34.5 Å². The van der Waals surface area contributed by atoms with E-state index >= 15 is 0 Å². The van der Waals surface area contributed by atoms with Gasteiger partial charge in [-0.25, -0.2) is 0 Å². The van der Waals surface area contributed by atoms with E-state index in [1.807, 2.05) is 84.9 Å². The number of hydrogen-bond donors (Lipinski definition) is 6. The quantitative estimate of drug-likeness (QED) is 0.0869. The summed E-state index contributed by atoms with van der Waals surface area (Å²) in [7, 11) is 2.16. The number of fused-ring (bicyclic) bond motifs is 15. The van der Waals surface area contributed by atoms with Crippen molar-refractivity contribution >= 4 is 93.1 Å². The Balaban J connectivity index is 0.000000161. The van der Waals surface area contributed by atoms with E-state index in [2.05, 4.69) is 173 Å². The smallest absolute Gasteiger partial charge is 0.123 e. The molecule has 0 aromatic heterocycles. The third-order valence-corrected chi connectivity index (χ3v) is 21.5. The molecule has 12 aromatic carbocycles. The molecule has 12 aromatic rings. The first kappa shape index (κ1) is 88.0. The van der Waals surface area contributed by atoms with Gasteiger partial charge >= 0.3 is 0 Å². The molecule has 543 valence electrons. The second kappa shape index (κ2) is 34.8. The molecule has 6 heterocycles. The van der Waals surface area contributed by atoms with E-state index in [0.717, 1.165) is 151 Å². The fraction of sp³-hybridized carbons (Fsp3) is 0.333. The molecule has 18 rings (SSSR count). The summed E-state index contributed by atoms with van der Waals surface area (Å²) in [5.74, 6) is 2.62. The zero-order chi connectivity index (χ0) is 72.6. The number of hydrogen-bond acceptors (Lipinski definition) is 7. The molecule has 6 aliphatic rings. The van der Waals surface area contributed by atoms with Gasteiger partial charge in [0.15, 0.2) is 0 Å². The van der Waals surface area contributed by atoms with E-state index in [-0.39, 0.29) is 197 Å². The van der Waals surface area contributed by atoms with Crippen molar-refractivity contribution in [3.05, 3.63) is 248 Å². The minimum Gasteiger partial charge on any atom is -0.683 e. The van der Waals surface area contributed by atoms with E-state index in [4.69, 9.17) is 16.0 Å². The van der Waals surface area contributed by atoms with Crippen LogP contribution in [0.5, 0.6) is 34.5 Å². The summed E-state index contributed by atoms with van der Waals surface area (Å²) >= 11 is 0. The van der Waals surface area contributed by atoms with Crippen LogP contribution >= 0.6 is 0 Å². The van der Waals surface area contributed by atoms with Gasteiger partial charge in [-0.1, -0.05) is 251 Å². The summed E-state index contributed by atoms with van der Waals surface area (Å²) in [5.41, 5.74) is 14.8. The number of likely N-dealkylation sites (N-methyl/N-ethyl adjacent to an activating group) is 1.